The van der Waals surface area contributed by atoms with Gasteiger partial charge in [0, 0.05) is 17.5 Å². The fourth-order valence-corrected chi connectivity index (χ4v) is 5.26. The third-order valence-corrected chi connectivity index (χ3v) is 7.14. The lowest BCUT2D eigenvalue weighted by Gasteiger charge is -2.30. The van der Waals surface area contributed by atoms with Crippen molar-refractivity contribution in [2.75, 3.05) is 6.61 Å². The highest BCUT2D eigenvalue weighted by Gasteiger charge is 2.43. The summed E-state index contributed by atoms with van der Waals surface area (Å²) in [5, 5.41) is 0.714. The minimum atomic E-state index is -0.293. The van der Waals surface area contributed by atoms with Crippen LogP contribution in [0.1, 0.15) is 83.6 Å². The van der Waals surface area contributed by atoms with Gasteiger partial charge >= 0.3 is 0 Å². The van der Waals surface area contributed by atoms with Crippen LogP contribution in [-0.4, -0.2) is 22.3 Å². The van der Waals surface area contributed by atoms with E-state index in [1.54, 1.807) is 18.2 Å². The summed E-state index contributed by atoms with van der Waals surface area (Å²) in [6.45, 7) is 4.41. The summed E-state index contributed by atoms with van der Waals surface area (Å²) >= 11 is 7.32. The first-order valence-corrected chi connectivity index (χ1v) is 12.5. The van der Waals surface area contributed by atoms with Crippen molar-refractivity contribution in [2.24, 2.45) is 0 Å². The lowest BCUT2D eigenvalue weighted by Crippen LogP contribution is -2.28. The molecule has 1 heterocycles. The van der Waals surface area contributed by atoms with E-state index in [9.17, 15) is 9.59 Å². The van der Waals surface area contributed by atoms with Crippen LogP contribution in [0.25, 0.3) is 0 Å². The lowest BCUT2D eigenvalue weighted by molar-refractivity contribution is -0.122. The number of halogens is 1. The van der Waals surface area contributed by atoms with E-state index in [4.69, 9.17) is 16.3 Å². The van der Waals surface area contributed by atoms with Crippen LogP contribution in [0.5, 0.6) is 0 Å². The number of hydrogen-bond acceptors (Lipinski definition) is 4. The molecular weight excluding hydrogens is 416 g/mol. The van der Waals surface area contributed by atoms with Crippen LogP contribution in [0.2, 0.25) is 5.02 Å². The number of unbranched alkanes of at least 4 members (excludes halogenated alkanes) is 6. The zero-order chi connectivity index (χ0) is 21.8. The number of carbonyl (C=O) groups is 2. The second-order valence-corrected chi connectivity index (χ2v) is 10.0. The Morgan fingerprint density at radius 2 is 1.57 bits per heavy atom. The molecule has 30 heavy (non-hydrogen) atoms. The molecule has 0 aliphatic carbocycles. The molecule has 5 heteroatoms. The summed E-state index contributed by atoms with van der Waals surface area (Å²) in [6, 6.07) is 7.30. The van der Waals surface area contributed by atoms with Crippen molar-refractivity contribution < 1.29 is 14.3 Å². The summed E-state index contributed by atoms with van der Waals surface area (Å²) in [5.41, 5.74) is 0.921. The molecular formula is C25H35ClO3S. The highest BCUT2D eigenvalue weighted by atomic mass is 35.5. The quantitative estimate of drug-likeness (QED) is 0.263. The highest BCUT2D eigenvalue weighted by molar-refractivity contribution is 8.15. The largest absolute Gasteiger partial charge is 0.489 e. The molecule has 3 nitrogen and oxygen atoms in total. The lowest BCUT2D eigenvalue weighted by atomic mass is 9.91. The van der Waals surface area contributed by atoms with Crippen molar-refractivity contribution in [3.8, 4) is 0 Å². The first kappa shape index (κ1) is 25.0. The molecule has 0 fully saturated rings. The third kappa shape index (κ3) is 8.11. The monoisotopic (exact) mass is 450 g/mol. The van der Waals surface area contributed by atoms with Gasteiger partial charge in [0.2, 0.25) is 5.12 Å². The minimum absolute atomic E-state index is 0.00781. The van der Waals surface area contributed by atoms with Crippen molar-refractivity contribution in [1.82, 2.24) is 0 Å². The summed E-state index contributed by atoms with van der Waals surface area (Å²) in [4.78, 5) is 24.8. The smallest absolute Gasteiger partial charge is 0.216 e. The van der Waals surface area contributed by atoms with Crippen molar-refractivity contribution in [3.05, 3.63) is 46.7 Å². The number of ether oxygens (including phenoxy) is 1. The number of ketones is 1. The van der Waals surface area contributed by atoms with Crippen LogP contribution >= 0.6 is 23.4 Å². The SMILES string of the molecule is CCCCCCC1(CCCCCC)SC(=O)C=C1OCC(=O)Cc1ccc(Cl)cc1. The van der Waals surface area contributed by atoms with Crippen LogP contribution < -0.4 is 0 Å². The molecule has 1 aromatic carbocycles. The van der Waals surface area contributed by atoms with E-state index in [1.165, 1.54) is 50.3 Å². The van der Waals surface area contributed by atoms with Crippen molar-refractivity contribution in [3.63, 3.8) is 0 Å². The van der Waals surface area contributed by atoms with Gasteiger partial charge in [0.15, 0.2) is 5.78 Å². The summed E-state index contributed by atoms with van der Waals surface area (Å²) in [5.74, 6) is 0.725. The van der Waals surface area contributed by atoms with Gasteiger partial charge < -0.3 is 4.74 Å². The van der Waals surface area contributed by atoms with Crippen molar-refractivity contribution in [1.29, 1.82) is 0 Å². The zero-order valence-corrected chi connectivity index (χ0v) is 20.0. The Kier molecular flexibility index (Phi) is 11.0. The van der Waals surface area contributed by atoms with Gasteiger partial charge in [0.05, 0.1) is 4.75 Å². The molecule has 0 radical (unpaired) electrons. The molecule has 0 atom stereocenters. The van der Waals surface area contributed by atoms with Crippen LogP contribution in [0.3, 0.4) is 0 Å². The Morgan fingerprint density at radius 1 is 0.967 bits per heavy atom. The standard InChI is InChI=1S/C25H35ClO3S/c1-3-5-7-9-15-25(16-10-8-6-4-2)23(18-24(28)30-25)29-19-22(27)17-20-11-13-21(26)14-12-20/h11-14,18H,3-10,15-17,19H2,1-2H3. The van der Waals surface area contributed by atoms with Crippen LogP contribution in [0.15, 0.2) is 36.1 Å². The predicted molar refractivity (Wildman–Crippen MR) is 127 cm³/mol. The van der Waals surface area contributed by atoms with E-state index in [0.717, 1.165) is 37.0 Å². The maximum atomic E-state index is 12.5. The number of rotatable bonds is 15. The first-order chi connectivity index (χ1) is 14.5. The molecule has 1 aromatic rings. The van der Waals surface area contributed by atoms with Crippen LogP contribution in [-0.2, 0) is 20.7 Å². The van der Waals surface area contributed by atoms with Gasteiger partial charge in [-0.3, -0.25) is 9.59 Å². The Labute approximate surface area is 191 Å². The van der Waals surface area contributed by atoms with E-state index >= 15 is 0 Å². The van der Waals surface area contributed by atoms with Gasteiger partial charge in [0.1, 0.15) is 12.4 Å². The topological polar surface area (TPSA) is 43.4 Å². The Morgan fingerprint density at radius 3 is 2.13 bits per heavy atom. The molecule has 0 unspecified atom stereocenters. The van der Waals surface area contributed by atoms with Crippen LogP contribution in [0, 0.1) is 0 Å². The molecule has 0 bridgehead atoms. The Hall–Kier alpha value is -1.26. The van der Waals surface area contributed by atoms with E-state index in [1.807, 2.05) is 12.1 Å². The van der Waals surface area contributed by atoms with Gasteiger partial charge in [0.25, 0.3) is 0 Å². The molecule has 1 aliphatic rings. The summed E-state index contributed by atoms with van der Waals surface area (Å²) < 4.78 is 5.71. The van der Waals surface area contributed by atoms with E-state index in [2.05, 4.69) is 13.8 Å². The van der Waals surface area contributed by atoms with Crippen molar-refractivity contribution in [2.45, 2.75) is 89.2 Å². The molecule has 0 N–H and O–H groups in total. The molecule has 166 valence electrons. The zero-order valence-electron chi connectivity index (χ0n) is 18.4. The van der Waals surface area contributed by atoms with Crippen LogP contribution in [0.4, 0.5) is 0 Å². The highest BCUT2D eigenvalue weighted by Crippen LogP contribution is 2.48. The fraction of sp³-hybridized carbons (Fsp3) is 0.600. The van der Waals surface area contributed by atoms with Gasteiger partial charge in [-0.25, -0.2) is 0 Å². The fourth-order valence-electron chi connectivity index (χ4n) is 3.87. The van der Waals surface area contributed by atoms with Crippen molar-refractivity contribution >= 4 is 34.3 Å². The molecule has 0 amide bonds. The number of benzene rings is 1. The Balaban J connectivity index is 1.98. The van der Waals surface area contributed by atoms with E-state index in [0.29, 0.717) is 11.4 Å². The summed E-state index contributed by atoms with van der Waals surface area (Å²) in [6.07, 6.45) is 13.1. The van der Waals surface area contributed by atoms with Gasteiger partial charge in [-0.1, -0.05) is 101 Å². The van der Waals surface area contributed by atoms with Gasteiger partial charge in [-0.15, -0.1) is 0 Å². The van der Waals surface area contributed by atoms with E-state index in [-0.39, 0.29) is 22.3 Å². The molecule has 0 saturated heterocycles. The third-order valence-electron chi connectivity index (χ3n) is 5.57. The van der Waals surface area contributed by atoms with E-state index < -0.39 is 0 Å². The molecule has 0 saturated carbocycles. The normalized spacial score (nSPS) is 15.3. The predicted octanol–water partition coefficient (Wildman–Crippen LogP) is 7.31. The number of hydrogen-bond donors (Lipinski definition) is 0. The second kappa shape index (κ2) is 13.2. The molecule has 1 aliphatic heterocycles. The maximum absolute atomic E-state index is 12.5. The number of carbonyl (C=O) groups excluding carboxylic acids is 2. The number of thioether (sulfide) groups is 1. The van der Waals surface area contributed by atoms with Gasteiger partial charge in [-0.2, -0.15) is 0 Å². The molecule has 0 spiro atoms. The average molecular weight is 451 g/mol. The second-order valence-electron chi connectivity index (χ2n) is 8.18. The Bertz CT molecular complexity index is 700. The average Bonchev–Trinajstić information content (AvgIpc) is 3.04. The molecule has 2 rings (SSSR count). The number of Topliss-reactive ketones (excluding diaryl/α,β-unsaturated/α-hetero) is 1. The maximum Gasteiger partial charge on any atom is 0.216 e. The summed E-state index contributed by atoms with van der Waals surface area (Å²) in [7, 11) is 0. The molecule has 0 aromatic heterocycles. The van der Waals surface area contributed by atoms with Gasteiger partial charge in [-0.05, 0) is 30.5 Å². The first-order valence-electron chi connectivity index (χ1n) is 11.3. The minimum Gasteiger partial charge on any atom is -0.489 e.